The van der Waals surface area contributed by atoms with Crippen molar-refractivity contribution >= 4 is 35.2 Å². The van der Waals surface area contributed by atoms with Crippen molar-refractivity contribution in [1.82, 2.24) is 14.7 Å². The number of aliphatic hydroxyl groups excluding tert-OH is 1. The fourth-order valence-corrected chi connectivity index (χ4v) is 9.87. The summed E-state index contributed by atoms with van der Waals surface area (Å²) in [6.07, 6.45) is 8.64. The Morgan fingerprint density at radius 1 is 0.977 bits per heavy atom. The number of fused-ring (bicyclic) bond motifs is 2. The van der Waals surface area contributed by atoms with E-state index in [9.17, 15) is 19.5 Å². The van der Waals surface area contributed by atoms with Crippen LogP contribution >= 0.6 is 11.8 Å². The Hall–Kier alpha value is -2.86. The number of aliphatic hydroxyl groups is 1. The average molecular weight is 625 g/mol. The summed E-state index contributed by atoms with van der Waals surface area (Å²) in [5.74, 6) is -1.17. The number of amides is 3. The van der Waals surface area contributed by atoms with E-state index >= 15 is 0 Å². The zero-order valence-electron chi connectivity index (χ0n) is 25.9. The lowest BCUT2D eigenvalue weighted by Crippen LogP contribution is -2.57. The van der Waals surface area contributed by atoms with Crippen LogP contribution in [0, 0.1) is 11.8 Å². The van der Waals surface area contributed by atoms with Gasteiger partial charge in [0.15, 0.2) is 0 Å². The third-order valence-corrected chi connectivity index (χ3v) is 11.7. The second kappa shape index (κ2) is 12.5. The van der Waals surface area contributed by atoms with Gasteiger partial charge in [0.1, 0.15) is 11.8 Å². The fourth-order valence-electron chi connectivity index (χ4n) is 7.72. The number of nitrogens with zero attached hydrogens (tertiary/aromatic N) is 4. The monoisotopic (exact) mass is 624 g/mol. The molecule has 10 nitrogen and oxygen atoms in total. The molecule has 238 valence electrons. The Labute approximate surface area is 264 Å². The third kappa shape index (κ3) is 5.15. The zero-order valence-corrected chi connectivity index (χ0v) is 26.7. The van der Waals surface area contributed by atoms with Crippen LogP contribution in [0.15, 0.2) is 48.6 Å². The van der Waals surface area contributed by atoms with E-state index in [4.69, 9.17) is 9.47 Å². The number of ether oxygens (including phenoxy) is 2. The van der Waals surface area contributed by atoms with Crippen molar-refractivity contribution in [2.75, 3.05) is 70.6 Å². The Bertz CT molecular complexity index is 1310. The van der Waals surface area contributed by atoms with Gasteiger partial charge in [-0.3, -0.25) is 19.3 Å². The van der Waals surface area contributed by atoms with Crippen molar-refractivity contribution in [3.8, 4) is 5.75 Å². The molecule has 1 aromatic carbocycles. The number of hydrogen-bond acceptors (Lipinski definition) is 8. The molecule has 0 aliphatic carbocycles. The summed E-state index contributed by atoms with van der Waals surface area (Å²) in [5.41, 5.74) is 0.737. The summed E-state index contributed by atoms with van der Waals surface area (Å²) in [5, 5.41) is 10.4. The number of carbonyl (C=O) groups excluding carboxylic acids is 3. The molecule has 6 rings (SSSR count). The van der Waals surface area contributed by atoms with Gasteiger partial charge in [0.05, 0.1) is 49.1 Å². The third-order valence-electron chi connectivity index (χ3n) is 9.90. The smallest absolute Gasteiger partial charge is 0.247 e. The second-order valence-electron chi connectivity index (χ2n) is 12.4. The molecule has 1 spiro atoms. The van der Waals surface area contributed by atoms with Crippen molar-refractivity contribution < 1.29 is 29.0 Å². The van der Waals surface area contributed by atoms with Crippen molar-refractivity contribution in [2.24, 2.45) is 11.8 Å². The largest absolute Gasteiger partial charge is 0.494 e. The van der Waals surface area contributed by atoms with Gasteiger partial charge in [-0.1, -0.05) is 31.2 Å². The second-order valence-corrected chi connectivity index (χ2v) is 14.2. The van der Waals surface area contributed by atoms with E-state index < -0.39 is 33.4 Å². The van der Waals surface area contributed by atoms with Crippen LogP contribution in [0.1, 0.15) is 27.2 Å². The summed E-state index contributed by atoms with van der Waals surface area (Å²) < 4.78 is 9.46. The van der Waals surface area contributed by atoms with Crippen LogP contribution in [-0.4, -0.2) is 125 Å². The first-order chi connectivity index (χ1) is 21.3. The van der Waals surface area contributed by atoms with Gasteiger partial charge < -0.3 is 29.3 Å². The van der Waals surface area contributed by atoms with E-state index in [0.717, 1.165) is 31.1 Å². The molecule has 0 aromatic heterocycles. The molecule has 5 aliphatic rings. The molecule has 44 heavy (non-hydrogen) atoms. The van der Waals surface area contributed by atoms with Gasteiger partial charge in [-0.05, 0) is 44.5 Å². The molecule has 0 radical (unpaired) electrons. The van der Waals surface area contributed by atoms with E-state index in [1.807, 2.05) is 68.2 Å². The standard InChI is InChI=1S/C33H44N4O6S/c1-4-23(22-38)37-28-31(41)35(17-16-34-18-20-42-21-19-34)14-7-13-33(28)27(30(37)40)26-29(39)36(15-6-12-32(26,3)44-33)24-8-10-25(11-9-24)43-5-2/h6-13,23,26-28,38H,4-5,14-22H2,1-3H3/t23-,26-,27-,28?,32+,33-/m0/s1. The predicted octanol–water partition coefficient (Wildman–Crippen LogP) is 2.18. The normalized spacial score (nSPS) is 32.8. The predicted molar refractivity (Wildman–Crippen MR) is 170 cm³/mol. The van der Waals surface area contributed by atoms with E-state index in [-0.39, 0.29) is 24.3 Å². The Morgan fingerprint density at radius 2 is 1.70 bits per heavy atom. The molecule has 5 heterocycles. The maximum Gasteiger partial charge on any atom is 0.247 e. The summed E-state index contributed by atoms with van der Waals surface area (Å²) in [6, 6.07) is 6.14. The minimum absolute atomic E-state index is 0.113. The lowest BCUT2D eigenvalue weighted by Gasteiger charge is -2.40. The number of carbonyl (C=O) groups is 3. The molecule has 11 heteroatoms. The van der Waals surface area contributed by atoms with Crippen molar-refractivity contribution in [1.29, 1.82) is 0 Å². The number of morpholine rings is 1. The van der Waals surface area contributed by atoms with Gasteiger partial charge in [0.25, 0.3) is 0 Å². The van der Waals surface area contributed by atoms with Crippen LogP contribution < -0.4 is 9.64 Å². The lowest BCUT2D eigenvalue weighted by molar-refractivity contribution is -0.146. The van der Waals surface area contributed by atoms with Crippen LogP contribution in [0.3, 0.4) is 0 Å². The highest BCUT2D eigenvalue weighted by Gasteiger charge is 2.74. The van der Waals surface area contributed by atoms with Crippen molar-refractivity contribution in [2.45, 2.75) is 48.8 Å². The Morgan fingerprint density at radius 3 is 2.39 bits per heavy atom. The molecule has 1 aromatic rings. The Balaban J connectivity index is 1.37. The average Bonchev–Trinajstić information content (AvgIpc) is 3.30. The van der Waals surface area contributed by atoms with Crippen molar-refractivity contribution in [3.63, 3.8) is 0 Å². The van der Waals surface area contributed by atoms with E-state index in [1.54, 1.807) is 21.6 Å². The lowest BCUT2D eigenvalue weighted by atomic mass is 9.74. The van der Waals surface area contributed by atoms with E-state index in [0.29, 0.717) is 45.9 Å². The maximum atomic E-state index is 14.7. The summed E-state index contributed by atoms with van der Waals surface area (Å²) >= 11 is 1.57. The van der Waals surface area contributed by atoms with Crippen LogP contribution in [-0.2, 0) is 19.1 Å². The number of rotatable bonds is 9. The topological polar surface area (TPSA) is 103 Å². The minimum atomic E-state index is -0.939. The summed E-state index contributed by atoms with van der Waals surface area (Å²) in [4.78, 5) is 51.4. The quantitative estimate of drug-likeness (QED) is 0.418. The van der Waals surface area contributed by atoms with Gasteiger partial charge in [-0.25, -0.2) is 0 Å². The van der Waals surface area contributed by atoms with Crippen LogP contribution in [0.2, 0.25) is 0 Å². The van der Waals surface area contributed by atoms with Crippen molar-refractivity contribution in [3.05, 3.63) is 48.6 Å². The van der Waals surface area contributed by atoms with Crippen LogP contribution in [0.4, 0.5) is 5.69 Å². The van der Waals surface area contributed by atoms with E-state index in [2.05, 4.69) is 11.0 Å². The first kappa shape index (κ1) is 31.1. The SMILES string of the molecule is CCOc1ccc(N2CC=C[C@@]3(C)S[C@]45C=CCN(CCN6CCOCC6)C(=O)C4N([C@@H](CC)CO)C(=O)[C@@H]5[C@H]3C2=O)cc1. The molecule has 1 unspecified atom stereocenters. The van der Waals surface area contributed by atoms with Gasteiger partial charge in [0, 0.05) is 49.7 Å². The first-order valence-corrected chi connectivity index (χ1v) is 16.7. The number of thioether (sulfide) groups is 1. The van der Waals surface area contributed by atoms with Gasteiger partial charge in [-0.15, -0.1) is 11.8 Å². The molecule has 6 atom stereocenters. The number of likely N-dealkylation sites (tertiary alicyclic amines) is 1. The molecule has 1 N–H and O–H groups in total. The van der Waals surface area contributed by atoms with Gasteiger partial charge in [-0.2, -0.15) is 0 Å². The highest BCUT2D eigenvalue weighted by atomic mass is 32.2. The molecule has 0 bridgehead atoms. The number of anilines is 1. The number of hydrogen-bond donors (Lipinski definition) is 1. The Kier molecular flexibility index (Phi) is 8.85. The molecule has 3 fully saturated rings. The van der Waals surface area contributed by atoms with Gasteiger partial charge in [0.2, 0.25) is 17.7 Å². The maximum absolute atomic E-state index is 14.7. The molecular weight excluding hydrogens is 580 g/mol. The highest BCUT2D eigenvalue weighted by molar-refractivity contribution is 8.02. The highest BCUT2D eigenvalue weighted by Crippen LogP contribution is 2.66. The van der Waals surface area contributed by atoms with E-state index in [1.165, 1.54) is 0 Å². The summed E-state index contributed by atoms with van der Waals surface area (Å²) in [6.45, 7) is 11.3. The van der Waals surface area contributed by atoms with Crippen LogP contribution in [0.5, 0.6) is 5.75 Å². The molecule has 3 saturated heterocycles. The number of benzene rings is 1. The zero-order chi connectivity index (χ0) is 31.1. The summed E-state index contributed by atoms with van der Waals surface area (Å²) in [7, 11) is 0. The minimum Gasteiger partial charge on any atom is -0.494 e. The molecule has 5 aliphatic heterocycles. The van der Waals surface area contributed by atoms with Gasteiger partial charge >= 0.3 is 0 Å². The molecule has 3 amide bonds. The first-order valence-electron chi connectivity index (χ1n) is 15.9. The molecular formula is C33H44N4O6S. The molecule has 0 saturated carbocycles. The fraction of sp³-hybridized carbons (Fsp3) is 0.606. The van der Waals surface area contributed by atoms with Crippen LogP contribution in [0.25, 0.3) is 0 Å².